The number of aliphatic carboxylic acids is 2. The number of β-lactam (4-membered cyclic amide) rings is 1. The van der Waals surface area contributed by atoms with E-state index < -0.39 is 52.2 Å². The molecule has 3 aliphatic heterocycles. The summed E-state index contributed by atoms with van der Waals surface area (Å²) in [6.07, 6.45) is 5.30. The predicted octanol–water partition coefficient (Wildman–Crippen LogP) is 1.24. The van der Waals surface area contributed by atoms with E-state index in [0.29, 0.717) is 34.2 Å². The second-order valence-corrected chi connectivity index (χ2v) is 17.2. The number of carbonyl (C=O) groups is 4. The number of hydrogen-bond donors (Lipinski definition) is 5. The average Bonchev–Trinajstić information content (AvgIpc) is 3.77. The van der Waals surface area contributed by atoms with Crippen LogP contribution in [-0.4, -0.2) is 106 Å². The van der Waals surface area contributed by atoms with Gasteiger partial charge < -0.3 is 50.2 Å². The van der Waals surface area contributed by atoms with E-state index in [1.807, 2.05) is 10.8 Å². The van der Waals surface area contributed by atoms with Crippen LogP contribution < -0.4 is 21.6 Å². The van der Waals surface area contributed by atoms with E-state index in [9.17, 15) is 44.4 Å². The summed E-state index contributed by atoms with van der Waals surface area (Å²) in [4.78, 5) is 75.7. The summed E-state index contributed by atoms with van der Waals surface area (Å²) in [5.74, 6) is -5.16. The van der Waals surface area contributed by atoms with Gasteiger partial charge in [0.05, 0.1) is 41.2 Å². The number of aromatic hydroxyl groups is 2. The predicted molar refractivity (Wildman–Crippen MR) is 196 cm³/mol. The lowest BCUT2D eigenvalue weighted by molar-refractivity contribution is -0.925. The molecule has 0 spiro atoms. The molecule has 1 aromatic carbocycles. The van der Waals surface area contributed by atoms with E-state index in [2.05, 4.69) is 15.5 Å². The summed E-state index contributed by atoms with van der Waals surface area (Å²) in [5.41, 5.74) is 4.09. The molecule has 2 aromatic heterocycles. The molecular formula is C34H36ClN7O10S2. The number of thiazole rings is 1. The Hall–Kier alpha value is -4.85. The van der Waals surface area contributed by atoms with Crippen molar-refractivity contribution in [1.29, 1.82) is 0 Å². The summed E-state index contributed by atoms with van der Waals surface area (Å²) in [5, 5.41) is 48.3. The van der Waals surface area contributed by atoms with Crippen molar-refractivity contribution in [3.8, 4) is 11.5 Å². The van der Waals surface area contributed by atoms with Gasteiger partial charge >= 0.3 is 5.97 Å². The van der Waals surface area contributed by atoms with Gasteiger partial charge in [0.2, 0.25) is 5.60 Å². The smallest absolute Gasteiger partial charge is 0.350 e. The highest BCUT2D eigenvalue weighted by atomic mass is 35.5. The first-order valence-corrected chi connectivity index (χ1v) is 19.3. The number of phenolic OH excluding ortho intramolecular Hbond substituents is 2. The molecule has 54 heavy (non-hydrogen) atoms. The Kier molecular flexibility index (Phi) is 9.56. The van der Waals surface area contributed by atoms with Crippen molar-refractivity contribution in [2.75, 3.05) is 31.1 Å². The number of hydrogen-bond acceptors (Lipinski definition) is 14. The van der Waals surface area contributed by atoms with Crippen molar-refractivity contribution in [3.63, 3.8) is 0 Å². The Morgan fingerprint density at radius 3 is 2.46 bits per heavy atom. The first kappa shape index (κ1) is 37.5. The molecule has 1 saturated carbocycles. The molecule has 2 amide bonds. The number of halogens is 1. The molecule has 20 heteroatoms. The van der Waals surface area contributed by atoms with Gasteiger partial charge in [-0.3, -0.25) is 19.3 Å². The van der Waals surface area contributed by atoms with Gasteiger partial charge in [-0.15, -0.1) is 11.8 Å². The number of fused-ring (bicyclic) bond motifs is 2. The zero-order valence-corrected chi connectivity index (χ0v) is 31.4. The van der Waals surface area contributed by atoms with E-state index in [-0.39, 0.29) is 62.3 Å². The molecule has 3 aromatic rings. The molecule has 4 aliphatic rings. The van der Waals surface area contributed by atoms with Crippen LogP contribution in [0.4, 0.5) is 5.13 Å². The van der Waals surface area contributed by atoms with Gasteiger partial charge in [0.15, 0.2) is 27.8 Å². The molecule has 7 rings (SSSR count). The molecule has 2 atom stereocenters. The van der Waals surface area contributed by atoms with Crippen molar-refractivity contribution in [2.45, 2.75) is 69.1 Å². The number of quaternary nitrogens is 1. The van der Waals surface area contributed by atoms with E-state index in [4.69, 9.17) is 22.2 Å². The van der Waals surface area contributed by atoms with Gasteiger partial charge in [0.1, 0.15) is 34.5 Å². The molecule has 6 N–H and O–H groups in total. The summed E-state index contributed by atoms with van der Waals surface area (Å²) in [6.45, 7) is 4.23. The van der Waals surface area contributed by atoms with Gasteiger partial charge in [0, 0.05) is 42.5 Å². The second-order valence-electron chi connectivity index (χ2n) is 14.4. The third-order valence-electron chi connectivity index (χ3n) is 10.1. The first-order valence-electron chi connectivity index (χ1n) is 17.1. The molecule has 0 radical (unpaired) electrons. The SMILES string of the molecule is CC(C)(O/N=C(\C(=O)N[C@@H]1C(=O)N2C(C(=O)[O-])=C(C[N+]3(Cc4cn(C5CC5)c5cc(O)c(O)cc5c4=O)CCCC3)CS[C@H]12)c1nc(N)sc1Cl)C(=O)O. The Labute approximate surface area is 320 Å². The van der Waals surface area contributed by atoms with Crippen LogP contribution in [-0.2, 0) is 30.6 Å². The highest BCUT2D eigenvalue weighted by molar-refractivity contribution is 8.00. The molecule has 0 unspecified atom stereocenters. The van der Waals surface area contributed by atoms with E-state index in [1.54, 1.807) is 0 Å². The highest BCUT2D eigenvalue weighted by Gasteiger charge is 2.54. The Morgan fingerprint density at radius 1 is 1.17 bits per heavy atom. The average molecular weight is 802 g/mol. The summed E-state index contributed by atoms with van der Waals surface area (Å²) < 4.78 is 2.29. The normalized spacial score (nSPS) is 21.2. The number of nitrogen functional groups attached to an aromatic ring is 1. The zero-order valence-electron chi connectivity index (χ0n) is 29.0. The van der Waals surface area contributed by atoms with Gasteiger partial charge in [-0.2, -0.15) is 0 Å². The largest absolute Gasteiger partial charge is 0.543 e. The third-order valence-corrected chi connectivity index (χ3v) is 12.6. The van der Waals surface area contributed by atoms with Crippen molar-refractivity contribution < 1.29 is 48.9 Å². The van der Waals surface area contributed by atoms with Gasteiger partial charge in [-0.05, 0) is 32.8 Å². The maximum Gasteiger partial charge on any atom is 0.350 e. The summed E-state index contributed by atoms with van der Waals surface area (Å²) in [6, 6.07) is 1.63. The fourth-order valence-corrected chi connectivity index (χ4v) is 9.46. The number of nitrogens with two attached hydrogens (primary N) is 1. The van der Waals surface area contributed by atoms with Gasteiger partial charge in [-0.25, -0.2) is 9.78 Å². The minimum absolute atomic E-state index is 0.00906. The number of rotatable bonds is 12. The highest BCUT2D eigenvalue weighted by Crippen LogP contribution is 2.43. The minimum atomic E-state index is -1.85. The number of carbonyl (C=O) groups excluding carboxylic acids is 3. The molecule has 2 saturated heterocycles. The maximum absolute atomic E-state index is 13.8. The molecule has 5 heterocycles. The van der Waals surface area contributed by atoms with Crippen LogP contribution in [0.2, 0.25) is 4.34 Å². The lowest BCUT2D eigenvalue weighted by atomic mass is 10.0. The van der Waals surface area contributed by atoms with Crippen LogP contribution in [0, 0.1) is 0 Å². The zero-order chi connectivity index (χ0) is 38.9. The van der Waals surface area contributed by atoms with Crippen LogP contribution in [0.3, 0.4) is 0 Å². The number of nitrogens with zero attached hydrogens (tertiary/aromatic N) is 5. The monoisotopic (exact) mass is 801 g/mol. The topological polar surface area (TPSA) is 250 Å². The number of amides is 2. The number of carboxylic acid groups (broad SMARTS) is 2. The molecule has 0 bridgehead atoms. The summed E-state index contributed by atoms with van der Waals surface area (Å²) in [7, 11) is 0. The number of phenols is 2. The standard InChI is InChI=1S/C34H36ClN7O10S2/c1-34(2,32(50)51)52-39-23(22-27(35)54-33(36)38-22)28(46)37-24-29(47)41-25(31(48)49)16(14-53-30(24)41)13-42(7-3-4-8-42)12-15-11-40(17-5-6-17)19-10-21(44)20(43)9-18(19)26(15)45/h9-11,17,24,30H,3-8,12-14H2,1-2H3,(H6-,36,37,38,39,43,44,45,46,48,49,50,51)/t24-,30-/m1/s1. The molecule has 17 nitrogen and oxygen atoms in total. The van der Waals surface area contributed by atoms with Crippen LogP contribution >= 0.6 is 34.7 Å². The maximum atomic E-state index is 13.8. The Balaban J connectivity index is 1.15. The number of oxime groups is 1. The van der Waals surface area contributed by atoms with Crippen LogP contribution in [0.1, 0.15) is 56.8 Å². The van der Waals surface area contributed by atoms with Gasteiger partial charge in [-0.1, -0.05) is 28.1 Å². The second kappa shape index (κ2) is 13.8. The van der Waals surface area contributed by atoms with E-state index in [0.717, 1.165) is 41.9 Å². The van der Waals surface area contributed by atoms with Crippen LogP contribution in [0.25, 0.3) is 10.9 Å². The Morgan fingerprint density at radius 2 is 1.85 bits per heavy atom. The number of pyridine rings is 1. The lowest BCUT2D eigenvalue weighted by Crippen LogP contribution is -2.72. The Bertz CT molecular complexity index is 2240. The van der Waals surface area contributed by atoms with Crippen molar-refractivity contribution in [3.05, 3.63) is 55.4 Å². The third kappa shape index (κ3) is 6.73. The lowest BCUT2D eigenvalue weighted by Gasteiger charge is -2.51. The number of anilines is 1. The molecule has 1 aliphatic carbocycles. The van der Waals surface area contributed by atoms with E-state index in [1.165, 1.54) is 37.7 Å². The number of likely N-dealkylation sites (tertiary alicyclic amines) is 1. The van der Waals surface area contributed by atoms with Crippen molar-refractivity contribution in [1.82, 2.24) is 19.8 Å². The van der Waals surface area contributed by atoms with Crippen LogP contribution in [0.5, 0.6) is 11.5 Å². The van der Waals surface area contributed by atoms with Gasteiger partial charge in [0.25, 0.3) is 11.8 Å². The van der Waals surface area contributed by atoms with Crippen LogP contribution in [0.15, 0.2) is 39.5 Å². The van der Waals surface area contributed by atoms with Crippen molar-refractivity contribution in [2.24, 2.45) is 5.16 Å². The number of benzene rings is 1. The number of carboxylic acids is 2. The van der Waals surface area contributed by atoms with Crippen molar-refractivity contribution >= 4 is 80.2 Å². The fraction of sp³-hybridized carbons (Fsp3) is 0.441. The first-order chi connectivity index (χ1) is 25.5. The fourth-order valence-electron chi connectivity index (χ4n) is 7.20. The van der Waals surface area contributed by atoms with E-state index >= 15 is 0 Å². The number of thioether (sulfide) groups is 1. The minimum Gasteiger partial charge on any atom is -0.543 e. The number of nitrogens with one attached hydrogen (secondary N) is 1. The molecule has 3 fully saturated rings. The molecule has 286 valence electrons. The molecular weight excluding hydrogens is 766 g/mol. The summed E-state index contributed by atoms with van der Waals surface area (Å²) >= 11 is 8.33. The number of aromatic nitrogens is 2. The quantitative estimate of drug-likeness (QED) is 0.0569.